The van der Waals surface area contributed by atoms with Gasteiger partial charge in [0.2, 0.25) is 0 Å². The molecule has 0 aliphatic rings. The van der Waals surface area contributed by atoms with Crippen LogP contribution in [0.15, 0.2) is 48.8 Å². The van der Waals surface area contributed by atoms with Gasteiger partial charge in [0.05, 0.1) is 0 Å². The molecule has 4 nitrogen and oxygen atoms in total. The topological polar surface area (TPSA) is 53.4 Å². The van der Waals surface area contributed by atoms with E-state index >= 15 is 0 Å². The SMILES string of the molecule is Cc1cc(N(C)Cc2ccncc2)ccc1C=CC(=O)O. The van der Waals surface area contributed by atoms with Gasteiger partial charge >= 0.3 is 5.97 Å². The zero-order valence-corrected chi connectivity index (χ0v) is 12.2. The highest BCUT2D eigenvalue weighted by Gasteiger charge is 2.04. The molecule has 108 valence electrons. The Kier molecular flexibility index (Phi) is 4.72. The number of aromatic nitrogens is 1. The fourth-order valence-corrected chi connectivity index (χ4v) is 2.10. The Morgan fingerprint density at radius 1 is 1.29 bits per heavy atom. The largest absolute Gasteiger partial charge is 0.478 e. The van der Waals surface area contributed by atoms with E-state index in [2.05, 4.69) is 16.0 Å². The number of pyridine rings is 1. The summed E-state index contributed by atoms with van der Waals surface area (Å²) in [6.07, 6.45) is 6.34. The highest BCUT2D eigenvalue weighted by molar-refractivity contribution is 5.85. The lowest BCUT2D eigenvalue weighted by Crippen LogP contribution is -2.16. The molecular weight excluding hydrogens is 264 g/mol. The first-order valence-corrected chi connectivity index (χ1v) is 6.68. The Morgan fingerprint density at radius 2 is 2.00 bits per heavy atom. The smallest absolute Gasteiger partial charge is 0.328 e. The zero-order chi connectivity index (χ0) is 15.2. The van der Waals surface area contributed by atoms with E-state index in [1.54, 1.807) is 18.5 Å². The van der Waals surface area contributed by atoms with Gasteiger partial charge in [-0.25, -0.2) is 4.79 Å². The maximum absolute atomic E-state index is 10.6. The standard InChI is InChI=1S/C17H18N2O2/c1-13-11-16(5-3-15(13)4-6-17(20)21)19(2)12-14-7-9-18-10-8-14/h3-11H,12H2,1-2H3,(H,20,21). The van der Waals surface area contributed by atoms with Crippen LogP contribution in [0, 0.1) is 6.92 Å². The summed E-state index contributed by atoms with van der Waals surface area (Å²) in [5.74, 6) is -0.937. The van der Waals surface area contributed by atoms with Gasteiger partial charge in [0.25, 0.3) is 0 Å². The van der Waals surface area contributed by atoms with E-state index < -0.39 is 5.97 Å². The Bertz CT molecular complexity index is 651. The lowest BCUT2D eigenvalue weighted by molar-refractivity contribution is -0.131. The van der Waals surface area contributed by atoms with Crippen LogP contribution in [0.1, 0.15) is 16.7 Å². The first kappa shape index (κ1) is 14.8. The van der Waals surface area contributed by atoms with Crippen molar-refractivity contribution in [3.63, 3.8) is 0 Å². The number of aliphatic carboxylic acids is 1. The Morgan fingerprint density at radius 3 is 2.62 bits per heavy atom. The fourth-order valence-electron chi connectivity index (χ4n) is 2.10. The molecule has 0 saturated carbocycles. The number of carboxylic acids is 1. The number of nitrogens with zero attached hydrogens (tertiary/aromatic N) is 2. The van der Waals surface area contributed by atoms with E-state index in [1.807, 2.05) is 38.2 Å². The second-order valence-electron chi connectivity index (χ2n) is 4.92. The van der Waals surface area contributed by atoms with Crippen LogP contribution in [0.5, 0.6) is 0 Å². The third kappa shape index (κ3) is 4.18. The third-order valence-corrected chi connectivity index (χ3v) is 3.27. The van der Waals surface area contributed by atoms with E-state index in [0.717, 1.165) is 29.4 Å². The highest BCUT2D eigenvalue weighted by atomic mass is 16.4. The van der Waals surface area contributed by atoms with Crippen molar-refractivity contribution in [2.24, 2.45) is 0 Å². The molecular formula is C17H18N2O2. The predicted octanol–water partition coefficient (Wildman–Crippen LogP) is 3.12. The van der Waals surface area contributed by atoms with Gasteiger partial charge in [-0.15, -0.1) is 0 Å². The summed E-state index contributed by atoms with van der Waals surface area (Å²) in [7, 11) is 2.03. The molecule has 2 aromatic rings. The molecule has 0 fully saturated rings. The van der Waals surface area contributed by atoms with Crippen LogP contribution in [0.4, 0.5) is 5.69 Å². The first-order valence-electron chi connectivity index (χ1n) is 6.68. The molecule has 0 aliphatic heterocycles. The van der Waals surface area contributed by atoms with Gasteiger partial charge in [0.15, 0.2) is 0 Å². The lowest BCUT2D eigenvalue weighted by atomic mass is 10.1. The minimum atomic E-state index is -0.937. The summed E-state index contributed by atoms with van der Waals surface area (Å²) in [6.45, 7) is 2.78. The number of hydrogen-bond acceptors (Lipinski definition) is 3. The van der Waals surface area contributed by atoms with Gasteiger partial charge in [0, 0.05) is 37.7 Å². The summed E-state index contributed by atoms with van der Waals surface area (Å²) >= 11 is 0. The average Bonchev–Trinajstić information content (AvgIpc) is 2.46. The second-order valence-corrected chi connectivity index (χ2v) is 4.92. The average molecular weight is 282 g/mol. The van der Waals surface area contributed by atoms with Crippen LogP contribution in [0.2, 0.25) is 0 Å². The molecule has 0 unspecified atom stereocenters. The summed E-state index contributed by atoms with van der Waals surface area (Å²) in [5.41, 5.74) is 4.25. The second kappa shape index (κ2) is 6.70. The number of anilines is 1. The molecule has 21 heavy (non-hydrogen) atoms. The van der Waals surface area contributed by atoms with Crippen LogP contribution in [0.25, 0.3) is 6.08 Å². The van der Waals surface area contributed by atoms with Gasteiger partial charge in [-0.05, 0) is 54.0 Å². The van der Waals surface area contributed by atoms with Crippen molar-refractivity contribution >= 4 is 17.7 Å². The minimum Gasteiger partial charge on any atom is -0.478 e. The highest BCUT2D eigenvalue weighted by Crippen LogP contribution is 2.20. The van der Waals surface area contributed by atoms with E-state index in [9.17, 15) is 4.79 Å². The maximum atomic E-state index is 10.6. The van der Waals surface area contributed by atoms with Gasteiger partial charge in [0.1, 0.15) is 0 Å². The van der Waals surface area contributed by atoms with Crippen LogP contribution >= 0.6 is 0 Å². The third-order valence-electron chi connectivity index (χ3n) is 3.27. The van der Waals surface area contributed by atoms with Crippen LogP contribution in [0.3, 0.4) is 0 Å². The maximum Gasteiger partial charge on any atom is 0.328 e. The molecule has 1 heterocycles. The van der Waals surface area contributed by atoms with Crippen LogP contribution in [-0.2, 0) is 11.3 Å². The number of carbonyl (C=O) groups is 1. The molecule has 1 N–H and O–H groups in total. The first-order chi connectivity index (χ1) is 10.1. The number of benzene rings is 1. The molecule has 1 aromatic heterocycles. The van der Waals surface area contributed by atoms with Gasteiger partial charge in [-0.3, -0.25) is 4.98 Å². The quantitative estimate of drug-likeness (QED) is 0.856. The van der Waals surface area contributed by atoms with Crippen LogP contribution < -0.4 is 4.90 Å². The lowest BCUT2D eigenvalue weighted by Gasteiger charge is -2.20. The number of rotatable bonds is 5. The summed E-state index contributed by atoms with van der Waals surface area (Å²) in [4.78, 5) is 16.7. The molecule has 4 heteroatoms. The normalized spacial score (nSPS) is 10.8. The van der Waals surface area contributed by atoms with E-state index in [0.29, 0.717) is 0 Å². The predicted molar refractivity (Wildman–Crippen MR) is 84.2 cm³/mol. The molecule has 0 amide bonds. The zero-order valence-electron chi connectivity index (χ0n) is 12.2. The fraction of sp³-hybridized carbons (Fsp3) is 0.176. The molecule has 0 aliphatic carbocycles. The molecule has 0 radical (unpaired) electrons. The molecule has 1 aromatic carbocycles. The Balaban J connectivity index is 2.14. The van der Waals surface area contributed by atoms with Crippen molar-refractivity contribution in [1.82, 2.24) is 4.98 Å². The van der Waals surface area contributed by atoms with Crippen molar-refractivity contribution < 1.29 is 9.90 Å². The Labute approximate surface area is 124 Å². The van der Waals surface area contributed by atoms with Crippen molar-refractivity contribution in [3.05, 3.63) is 65.5 Å². The van der Waals surface area contributed by atoms with Gasteiger partial charge in [-0.2, -0.15) is 0 Å². The molecule has 0 atom stereocenters. The summed E-state index contributed by atoms with van der Waals surface area (Å²) in [5, 5.41) is 8.67. The van der Waals surface area contributed by atoms with Crippen molar-refractivity contribution in [1.29, 1.82) is 0 Å². The molecule has 0 saturated heterocycles. The van der Waals surface area contributed by atoms with Gasteiger partial charge in [-0.1, -0.05) is 6.07 Å². The van der Waals surface area contributed by atoms with Gasteiger partial charge < -0.3 is 10.0 Å². The van der Waals surface area contributed by atoms with E-state index in [4.69, 9.17) is 5.11 Å². The van der Waals surface area contributed by atoms with Crippen molar-refractivity contribution in [2.75, 3.05) is 11.9 Å². The monoisotopic (exact) mass is 282 g/mol. The van der Waals surface area contributed by atoms with Crippen LogP contribution in [-0.4, -0.2) is 23.1 Å². The van der Waals surface area contributed by atoms with E-state index in [1.165, 1.54) is 5.56 Å². The molecule has 2 rings (SSSR count). The minimum absolute atomic E-state index is 0.798. The van der Waals surface area contributed by atoms with Crippen molar-refractivity contribution in [3.8, 4) is 0 Å². The molecule has 0 bridgehead atoms. The number of aryl methyl sites for hydroxylation is 1. The summed E-state index contributed by atoms with van der Waals surface area (Å²) in [6, 6.07) is 9.98. The van der Waals surface area contributed by atoms with E-state index in [-0.39, 0.29) is 0 Å². The summed E-state index contributed by atoms with van der Waals surface area (Å²) < 4.78 is 0. The Hall–Kier alpha value is -2.62. The number of carboxylic acid groups (broad SMARTS) is 1. The number of hydrogen-bond donors (Lipinski definition) is 1. The molecule has 0 spiro atoms. The van der Waals surface area contributed by atoms with Crippen molar-refractivity contribution in [2.45, 2.75) is 13.5 Å².